The average molecular weight is 411 g/mol. The van der Waals surface area contributed by atoms with E-state index < -0.39 is 14.6 Å². The van der Waals surface area contributed by atoms with Gasteiger partial charge in [-0.25, -0.2) is 8.42 Å². The summed E-state index contributed by atoms with van der Waals surface area (Å²) in [6.45, 7) is 2.97. The fourth-order valence-corrected chi connectivity index (χ4v) is 6.64. The van der Waals surface area contributed by atoms with E-state index in [0.29, 0.717) is 37.0 Å². The summed E-state index contributed by atoms with van der Waals surface area (Å²) in [4.78, 5) is 17.6. The molecule has 1 aliphatic heterocycles. The number of benzene rings is 1. The lowest BCUT2D eigenvalue weighted by Crippen LogP contribution is -2.55. The molecule has 0 radical (unpaired) electrons. The van der Waals surface area contributed by atoms with Crippen LogP contribution in [0.1, 0.15) is 44.9 Å². The summed E-state index contributed by atoms with van der Waals surface area (Å²) in [5.74, 6) is -0.208. The number of amides is 1. The van der Waals surface area contributed by atoms with Gasteiger partial charge in [0.15, 0.2) is 14.6 Å². The molecule has 2 saturated carbocycles. The van der Waals surface area contributed by atoms with Gasteiger partial charge in [-0.05, 0) is 49.9 Å². The molecular formula is C20H27ClN2O3S. The Kier molecular flexibility index (Phi) is 5.25. The van der Waals surface area contributed by atoms with Crippen molar-refractivity contribution >= 4 is 27.3 Å². The summed E-state index contributed by atoms with van der Waals surface area (Å²) in [5.41, 5.74) is 0. The summed E-state index contributed by atoms with van der Waals surface area (Å²) in [6.07, 6.45) is 7.27. The van der Waals surface area contributed by atoms with Gasteiger partial charge < -0.3 is 4.90 Å². The first-order chi connectivity index (χ1) is 12.9. The molecule has 0 spiro atoms. The van der Waals surface area contributed by atoms with E-state index in [1.807, 2.05) is 0 Å². The first-order valence-corrected chi connectivity index (χ1v) is 11.8. The van der Waals surface area contributed by atoms with Crippen LogP contribution in [0, 0.1) is 0 Å². The van der Waals surface area contributed by atoms with E-state index >= 15 is 0 Å². The molecule has 0 atom stereocenters. The summed E-state index contributed by atoms with van der Waals surface area (Å²) >= 11 is 5.88. The molecule has 1 saturated heterocycles. The van der Waals surface area contributed by atoms with Crippen LogP contribution in [0.4, 0.5) is 0 Å². The summed E-state index contributed by atoms with van der Waals surface area (Å²) in [5, 5.41) is 0.490. The number of hydrogen-bond acceptors (Lipinski definition) is 4. The number of halogens is 1. The quantitative estimate of drug-likeness (QED) is 0.765. The highest BCUT2D eigenvalue weighted by molar-refractivity contribution is 7.94. The van der Waals surface area contributed by atoms with Gasteiger partial charge in [0.05, 0.1) is 4.90 Å². The minimum Gasteiger partial charge on any atom is -0.339 e. The van der Waals surface area contributed by atoms with Crippen molar-refractivity contribution < 1.29 is 13.2 Å². The van der Waals surface area contributed by atoms with Crippen LogP contribution in [0.3, 0.4) is 0 Å². The molecule has 0 unspecified atom stereocenters. The molecule has 27 heavy (non-hydrogen) atoms. The zero-order valence-corrected chi connectivity index (χ0v) is 17.1. The molecule has 148 valence electrons. The molecule has 0 bridgehead atoms. The highest BCUT2D eigenvalue weighted by Gasteiger charge is 2.62. The summed E-state index contributed by atoms with van der Waals surface area (Å²) in [7, 11) is -3.69. The zero-order valence-electron chi connectivity index (χ0n) is 15.6. The van der Waals surface area contributed by atoms with Crippen molar-refractivity contribution in [3.05, 3.63) is 29.3 Å². The molecule has 7 heteroatoms. The van der Waals surface area contributed by atoms with Crippen LogP contribution in [-0.4, -0.2) is 61.1 Å². The van der Waals surface area contributed by atoms with E-state index in [-0.39, 0.29) is 10.8 Å². The van der Waals surface area contributed by atoms with Gasteiger partial charge in [-0.3, -0.25) is 9.69 Å². The fraction of sp³-hybridized carbons (Fsp3) is 0.650. The number of hydrogen-bond donors (Lipinski definition) is 0. The topological polar surface area (TPSA) is 57.7 Å². The Labute approximate surface area is 166 Å². The fourth-order valence-electron chi connectivity index (χ4n) is 4.57. The highest BCUT2D eigenvalue weighted by Crippen LogP contribution is 2.48. The molecule has 5 nitrogen and oxygen atoms in total. The van der Waals surface area contributed by atoms with E-state index in [1.165, 1.54) is 44.2 Å². The molecule has 0 aromatic heterocycles. The number of piperazine rings is 1. The summed E-state index contributed by atoms with van der Waals surface area (Å²) in [6, 6.07) is 6.79. The zero-order chi connectivity index (χ0) is 19.1. The van der Waals surface area contributed by atoms with Crippen LogP contribution in [-0.2, 0) is 14.6 Å². The third-order valence-electron chi connectivity index (χ3n) is 6.42. The third kappa shape index (κ3) is 3.52. The number of nitrogens with zero attached hydrogens (tertiary/aromatic N) is 2. The van der Waals surface area contributed by atoms with Gasteiger partial charge in [-0.15, -0.1) is 0 Å². The Morgan fingerprint density at radius 3 is 2.11 bits per heavy atom. The maximum absolute atomic E-state index is 13.2. The van der Waals surface area contributed by atoms with Gasteiger partial charge in [-0.1, -0.05) is 30.9 Å². The second kappa shape index (κ2) is 7.37. The van der Waals surface area contributed by atoms with E-state index in [4.69, 9.17) is 11.6 Å². The smallest absolute Gasteiger partial charge is 0.244 e. The van der Waals surface area contributed by atoms with Gasteiger partial charge in [0, 0.05) is 37.2 Å². The van der Waals surface area contributed by atoms with E-state index in [1.54, 1.807) is 17.0 Å². The van der Waals surface area contributed by atoms with Crippen molar-refractivity contribution in [1.82, 2.24) is 9.80 Å². The molecule has 1 aromatic carbocycles. The lowest BCUT2D eigenvalue weighted by molar-refractivity contribution is -0.133. The van der Waals surface area contributed by atoms with Gasteiger partial charge in [0.2, 0.25) is 5.91 Å². The van der Waals surface area contributed by atoms with Crippen LogP contribution < -0.4 is 0 Å². The molecular weight excluding hydrogens is 384 g/mol. The molecule has 2 aliphatic carbocycles. The standard InChI is InChI=1S/C20H27ClN2O3S/c21-16-6-8-18(9-7-16)27(25,26)20(10-11-20)19(24)23-14-12-22(13-15-23)17-4-2-1-3-5-17/h6-9,17H,1-5,10-15H2. The van der Waals surface area contributed by atoms with E-state index in [0.717, 1.165) is 13.1 Å². The van der Waals surface area contributed by atoms with Crippen molar-refractivity contribution in [2.24, 2.45) is 0 Å². The maximum atomic E-state index is 13.2. The second-order valence-corrected chi connectivity index (χ2v) is 10.8. The third-order valence-corrected chi connectivity index (χ3v) is 9.18. The molecule has 1 amide bonds. The number of rotatable bonds is 4. The van der Waals surface area contributed by atoms with Crippen molar-refractivity contribution in [2.45, 2.75) is 60.6 Å². The van der Waals surface area contributed by atoms with Gasteiger partial charge in [0.1, 0.15) is 0 Å². The Morgan fingerprint density at radius 1 is 0.963 bits per heavy atom. The van der Waals surface area contributed by atoms with Gasteiger partial charge in [-0.2, -0.15) is 0 Å². The van der Waals surface area contributed by atoms with Gasteiger partial charge >= 0.3 is 0 Å². The monoisotopic (exact) mass is 410 g/mol. The van der Waals surface area contributed by atoms with Crippen LogP contribution in [0.25, 0.3) is 0 Å². The van der Waals surface area contributed by atoms with Crippen LogP contribution in [0.5, 0.6) is 0 Å². The molecule has 4 rings (SSSR count). The molecule has 1 heterocycles. The van der Waals surface area contributed by atoms with Crippen LogP contribution in [0.15, 0.2) is 29.2 Å². The highest BCUT2D eigenvalue weighted by atomic mass is 35.5. The predicted octanol–water partition coefficient (Wildman–Crippen LogP) is 3.12. The molecule has 3 aliphatic rings. The van der Waals surface area contributed by atoms with Crippen molar-refractivity contribution in [2.75, 3.05) is 26.2 Å². The minimum absolute atomic E-state index is 0.193. The Bertz CT molecular complexity index is 791. The normalized spacial score (nSPS) is 24.0. The molecule has 3 fully saturated rings. The van der Waals surface area contributed by atoms with Crippen molar-refractivity contribution in [3.8, 4) is 0 Å². The van der Waals surface area contributed by atoms with Crippen molar-refractivity contribution in [3.63, 3.8) is 0 Å². The largest absolute Gasteiger partial charge is 0.339 e. The minimum atomic E-state index is -3.69. The molecule has 1 aromatic rings. The average Bonchev–Trinajstić information content (AvgIpc) is 3.51. The Balaban J connectivity index is 1.44. The van der Waals surface area contributed by atoms with Crippen molar-refractivity contribution in [1.29, 1.82) is 0 Å². The Morgan fingerprint density at radius 2 is 1.56 bits per heavy atom. The van der Waals surface area contributed by atoms with E-state index in [9.17, 15) is 13.2 Å². The van der Waals surface area contributed by atoms with Crippen LogP contribution in [0.2, 0.25) is 5.02 Å². The SMILES string of the molecule is O=C(N1CCN(C2CCCCC2)CC1)C1(S(=O)(=O)c2ccc(Cl)cc2)CC1. The lowest BCUT2D eigenvalue weighted by Gasteiger charge is -2.41. The summed E-state index contributed by atoms with van der Waals surface area (Å²) < 4.78 is 25.0. The number of carbonyl (C=O) groups excluding carboxylic acids is 1. The second-order valence-electron chi connectivity index (χ2n) is 8.07. The lowest BCUT2D eigenvalue weighted by atomic mass is 9.94. The van der Waals surface area contributed by atoms with Crippen LogP contribution >= 0.6 is 11.6 Å². The predicted molar refractivity (Wildman–Crippen MR) is 106 cm³/mol. The number of carbonyl (C=O) groups is 1. The first kappa shape index (κ1) is 19.2. The maximum Gasteiger partial charge on any atom is 0.244 e. The Hall–Kier alpha value is -1.11. The molecule has 0 N–H and O–H groups in total. The number of sulfone groups is 1. The van der Waals surface area contributed by atoms with Gasteiger partial charge in [0.25, 0.3) is 0 Å². The van der Waals surface area contributed by atoms with E-state index in [2.05, 4.69) is 4.90 Å². The first-order valence-electron chi connectivity index (χ1n) is 9.98.